The first kappa shape index (κ1) is 15.9. The maximum Gasteiger partial charge on any atom is -0.00134 e. The molecule has 0 atom stereocenters. The molecule has 1 aromatic carbocycles. The van der Waals surface area contributed by atoms with Crippen molar-refractivity contribution in [2.75, 3.05) is 0 Å². The highest BCUT2D eigenvalue weighted by Crippen LogP contribution is 2.50. The number of fused-ring (bicyclic) bond motifs is 4. The summed E-state index contributed by atoms with van der Waals surface area (Å²) in [6, 6.07) is 4.76. The normalized spacial score (nSPS) is 22.3. The van der Waals surface area contributed by atoms with Crippen molar-refractivity contribution in [3.8, 4) is 0 Å². The first-order chi connectivity index (χ1) is 11.3. The van der Waals surface area contributed by atoms with Crippen LogP contribution >= 0.6 is 0 Å². The van der Waals surface area contributed by atoms with Gasteiger partial charge in [-0.1, -0.05) is 71.4 Å². The van der Waals surface area contributed by atoms with Crippen molar-refractivity contribution in [2.24, 2.45) is 10.8 Å². The van der Waals surface area contributed by atoms with Crippen molar-refractivity contribution < 1.29 is 0 Å². The van der Waals surface area contributed by atoms with Gasteiger partial charge in [0.15, 0.2) is 0 Å². The molecule has 0 amide bonds. The maximum atomic E-state index is 2.56. The zero-order valence-corrected chi connectivity index (χ0v) is 15.9. The van der Waals surface area contributed by atoms with E-state index in [1.807, 2.05) is 0 Å². The SMILES string of the molecule is CCCCC1=Cc2c3c(ccc2=C1)=C1C(=CC(C)(C)CC1(C)C)C3. The van der Waals surface area contributed by atoms with E-state index in [-0.39, 0.29) is 5.41 Å². The molecule has 0 unspecified atom stereocenters. The molecular weight excluding hydrogens is 288 g/mol. The van der Waals surface area contributed by atoms with E-state index in [0.717, 1.165) is 6.42 Å². The Morgan fingerprint density at radius 2 is 1.83 bits per heavy atom. The number of hydrogen-bond acceptors (Lipinski definition) is 0. The van der Waals surface area contributed by atoms with Crippen molar-refractivity contribution in [1.82, 2.24) is 0 Å². The van der Waals surface area contributed by atoms with E-state index in [2.05, 4.69) is 65.0 Å². The summed E-state index contributed by atoms with van der Waals surface area (Å²) in [6.07, 6.45) is 13.6. The molecule has 24 heavy (non-hydrogen) atoms. The van der Waals surface area contributed by atoms with Crippen LogP contribution in [0.1, 0.15) is 71.4 Å². The fourth-order valence-electron chi connectivity index (χ4n) is 5.48. The number of rotatable bonds is 3. The quantitative estimate of drug-likeness (QED) is 0.723. The number of hydrogen-bond donors (Lipinski definition) is 0. The third-order valence-electron chi connectivity index (χ3n) is 5.98. The molecule has 0 radical (unpaired) electrons. The van der Waals surface area contributed by atoms with Gasteiger partial charge in [0.1, 0.15) is 0 Å². The molecule has 0 heteroatoms. The highest BCUT2D eigenvalue weighted by Gasteiger charge is 2.40. The zero-order valence-electron chi connectivity index (χ0n) is 15.9. The van der Waals surface area contributed by atoms with Crippen LogP contribution in [0.3, 0.4) is 0 Å². The third kappa shape index (κ3) is 2.42. The van der Waals surface area contributed by atoms with Gasteiger partial charge in [-0.2, -0.15) is 0 Å². The molecule has 0 spiro atoms. The van der Waals surface area contributed by atoms with Gasteiger partial charge in [0.05, 0.1) is 0 Å². The molecule has 0 fully saturated rings. The van der Waals surface area contributed by atoms with Gasteiger partial charge in [0.25, 0.3) is 0 Å². The van der Waals surface area contributed by atoms with Crippen LogP contribution in [0.5, 0.6) is 0 Å². The van der Waals surface area contributed by atoms with Crippen molar-refractivity contribution in [2.45, 2.75) is 66.7 Å². The summed E-state index contributed by atoms with van der Waals surface area (Å²) >= 11 is 0. The van der Waals surface area contributed by atoms with Gasteiger partial charge in [0, 0.05) is 0 Å². The average Bonchev–Trinajstić information content (AvgIpc) is 3.02. The van der Waals surface area contributed by atoms with Gasteiger partial charge in [-0.15, -0.1) is 0 Å². The Balaban J connectivity index is 1.88. The second-order valence-electron chi connectivity index (χ2n) is 9.33. The average molecular weight is 319 g/mol. The minimum absolute atomic E-state index is 0.268. The van der Waals surface area contributed by atoms with Gasteiger partial charge < -0.3 is 0 Å². The summed E-state index contributed by atoms with van der Waals surface area (Å²) in [4.78, 5) is 0. The molecule has 3 aliphatic carbocycles. The maximum absolute atomic E-state index is 2.56. The lowest BCUT2D eigenvalue weighted by Crippen LogP contribution is -2.30. The molecular formula is C24H30. The van der Waals surface area contributed by atoms with Gasteiger partial charge in [-0.25, -0.2) is 0 Å². The minimum atomic E-state index is 0.268. The van der Waals surface area contributed by atoms with Gasteiger partial charge in [-0.3, -0.25) is 0 Å². The van der Waals surface area contributed by atoms with Crippen LogP contribution in [0.25, 0.3) is 17.7 Å². The van der Waals surface area contributed by atoms with E-state index < -0.39 is 0 Å². The van der Waals surface area contributed by atoms with Crippen LogP contribution in [0.4, 0.5) is 0 Å². The Labute approximate surface area is 146 Å². The summed E-state index contributed by atoms with van der Waals surface area (Å²) < 4.78 is 0. The van der Waals surface area contributed by atoms with Crippen LogP contribution in [0.15, 0.2) is 29.4 Å². The summed E-state index contributed by atoms with van der Waals surface area (Å²) in [7, 11) is 0. The first-order valence-electron chi connectivity index (χ1n) is 9.62. The second-order valence-corrected chi connectivity index (χ2v) is 9.33. The highest BCUT2D eigenvalue weighted by atomic mass is 14.4. The summed E-state index contributed by atoms with van der Waals surface area (Å²) in [5.41, 5.74) is 8.41. The lowest BCUT2D eigenvalue weighted by atomic mass is 9.64. The standard InChI is InChI=1S/C24H30/c1-6-7-8-16-11-17-9-10-19-21(20(17)12-16)13-18-14-23(2,3)15-24(4,5)22(18)19/h9-12,14H,6-8,13,15H2,1-5H3. The fraction of sp³-hybridized carbons (Fsp3) is 0.500. The predicted octanol–water partition coefficient (Wildman–Crippen LogP) is 5.14. The van der Waals surface area contributed by atoms with Crippen LogP contribution in [0.2, 0.25) is 0 Å². The van der Waals surface area contributed by atoms with Crippen LogP contribution in [-0.2, 0) is 6.42 Å². The lowest BCUT2D eigenvalue weighted by molar-refractivity contribution is 0.292. The molecule has 0 aliphatic heterocycles. The largest absolute Gasteiger partial charge is 0.0750 e. The van der Waals surface area contributed by atoms with Crippen molar-refractivity contribution in [1.29, 1.82) is 0 Å². The van der Waals surface area contributed by atoms with E-state index in [0.29, 0.717) is 5.41 Å². The van der Waals surface area contributed by atoms with Crippen molar-refractivity contribution >= 4 is 17.7 Å². The molecule has 0 heterocycles. The molecule has 3 aliphatic rings. The lowest BCUT2D eigenvalue weighted by Gasteiger charge is -2.40. The summed E-state index contributed by atoms with van der Waals surface area (Å²) in [5, 5.41) is 2.97. The Hall–Kier alpha value is -1.56. The summed E-state index contributed by atoms with van der Waals surface area (Å²) in [6.45, 7) is 11.9. The molecule has 1 aromatic rings. The third-order valence-corrected chi connectivity index (χ3v) is 5.98. The molecule has 0 bridgehead atoms. The molecule has 0 N–H and O–H groups in total. The predicted molar refractivity (Wildman–Crippen MR) is 105 cm³/mol. The van der Waals surface area contributed by atoms with E-state index in [9.17, 15) is 0 Å². The van der Waals surface area contributed by atoms with E-state index in [1.54, 1.807) is 16.7 Å². The Kier molecular flexibility index (Phi) is 3.46. The fourth-order valence-corrected chi connectivity index (χ4v) is 5.48. The molecule has 0 nitrogen and oxygen atoms in total. The Bertz CT molecular complexity index is 885. The Morgan fingerprint density at radius 3 is 2.58 bits per heavy atom. The van der Waals surface area contributed by atoms with E-state index in [4.69, 9.17) is 0 Å². The van der Waals surface area contributed by atoms with Gasteiger partial charge in [-0.05, 0) is 74.8 Å². The minimum Gasteiger partial charge on any atom is -0.0750 e. The molecule has 126 valence electrons. The second kappa shape index (κ2) is 5.22. The van der Waals surface area contributed by atoms with E-state index in [1.165, 1.54) is 47.3 Å². The van der Waals surface area contributed by atoms with Crippen molar-refractivity contribution in [3.63, 3.8) is 0 Å². The zero-order chi connectivity index (χ0) is 17.1. The van der Waals surface area contributed by atoms with Gasteiger partial charge >= 0.3 is 0 Å². The Morgan fingerprint density at radius 1 is 1.04 bits per heavy atom. The van der Waals surface area contributed by atoms with Crippen LogP contribution in [-0.4, -0.2) is 0 Å². The molecule has 0 saturated carbocycles. The smallest absolute Gasteiger partial charge is 0.00134 e. The molecule has 0 aromatic heterocycles. The molecule has 0 saturated heterocycles. The topological polar surface area (TPSA) is 0 Å². The first-order valence-corrected chi connectivity index (χ1v) is 9.62. The number of allylic oxidation sites excluding steroid dienone is 3. The molecule has 4 rings (SSSR count). The van der Waals surface area contributed by atoms with Gasteiger partial charge in [0.2, 0.25) is 0 Å². The van der Waals surface area contributed by atoms with Crippen LogP contribution < -0.4 is 10.4 Å². The summed E-state index contributed by atoms with van der Waals surface area (Å²) in [5.74, 6) is 0. The monoisotopic (exact) mass is 318 g/mol. The number of benzene rings is 1. The van der Waals surface area contributed by atoms with Crippen molar-refractivity contribution in [3.05, 3.63) is 50.9 Å². The number of unbranched alkanes of at least 4 members (excludes halogenated alkanes) is 1. The van der Waals surface area contributed by atoms with E-state index >= 15 is 0 Å². The van der Waals surface area contributed by atoms with Crippen LogP contribution in [0, 0.1) is 10.8 Å². The highest BCUT2D eigenvalue weighted by molar-refractivity contribution is 5.81.